The third-order valence-corrected chi connectivity index (χ3v) is 4.97. The Morgan fingerprint density at radius 2 is 2.07 bits per heavy atom. The molecule has 0 atom stereocenters. The SMILES string of the molecule is Cc1ccc(-c2cc(C(=O)NCCc3nc(-c4ccccc4)cs3)n[nH]2)o1. The minimum absolute atomic E-state index is 0.222. The van der Waals surface area contributed by atoms with E-state index in [4.69, 9.17) is 4.42 Å². The lowest BCUT2D eigenvalue weighted by atomic mass is 10.2. The summed E-state index contributed by atoms with van der Waals surface area (Å²) in [6, 6.07) is 15.5. The van der Waals surface area contributed by atoms with E-state index in [-0.39, 0.29) is 5.91 Å². The summed E-state index contributed by atoms with van der Waals surface area (Å²) >= 11 is 1.60. The first-order valence-electron chi connectivity index (χ1n) is 8.59. The molecule has 4 aromatic rings. The van der Waals surface area contributed by atoms with E-state index >= 15 is 0 Å². The molecule has 0 bridgehead atoms. The molecular formula is C20H18N4O2S. The molecule has 3 aromatic heterocycles. The zero-order valence-corrected chi connectivity index (χ0v) is 15.5. The highest BCUT2D eigenvalue weighted by Crippen LogP contribution is 2.22. The van der Waals surface area contributed by atoms with Gasteiger partial charge in [0.15, 0.2) is 11.5 Å². The number of thiazole rings is 1. The molecule has 0 unspecified atom stereocenters. The van der Waals surface area contributed by atoms with E-state index in [1.807, 2.05) is 54.8 Å². The molecule has 0 radical (unpaired) electrons. The fraction of sp³-hybridized carbons (Fsp3) is 0.150. The maximum absolute atomic E-state index is 12.3. The molecule has 6 nitrogen and oxygen atoms in total. The molecule has 0 spiro atoms. The van der Waals surface area contributed by atoms with E-state index in [0.29, 0.717) is 30.1 Å². The number of carbonyl (C=O) groups is 1. The van der Waals surface area contributed by atoms with Crippen molar-refractivity contribution < 1.29 is 9.21 Å². The van der Waals surface area contributed by atoms with Crippen LogP contribution in [0.3, 0.4) is 0 Å². The average Bonchev–Trinajstić information content (AvgIpc) is 3.43. The minimum Gasteiger partial charge on any atom is -0.460 e. The summed E-state index contributed by atoms with van der Waals surface area (Å²) < 4.78 is 5.53. The summed E-state index contributed by atoms with van der Waals surface area (Å²) in [5.41, 5.74) is 3.08. The average molecular weight is 378 g/mol. The van der Waals surface area contributed by atoms with Crippen molar-refractivity contribution in [3.63, 3.8) is 0 Å². The standard InChI is InChI=1S/C20H18N4O2S/c1-13-7-8-18(26-13)15-11-16(24-23-15)20(25)21-10-9-19-22-17(12-27-19)14-5-3-2-4-6-14/h2-8,11-12H,9-10H2,1H3,(H,21,25)(H,23,24). The number of H-pyrrole nitrogens is 1. The van der Waals surface area contributed by atoms with Crippen LogP contribution in [0.4, 0.5) is 0 Å². The van der Waals surface area contributed by atoms with Crippen LogP contribution in [-0.2, 0) is 6.42 Å². The van der Waals surface area contributed by atoms with Crippen LogP contribution in [0.2, 0.25) is 0 Å². The molecule has 0 aliphatic rings. The van der Waals surface area contributed by atoms with Crippen molar-refractivity contribution in [1.29, 1.82) is 0 Å². The molecule has 27 heavy (non-hydrogen) atoms. The Hall–Kier alpha value is -3.19. The molecule has 2 N–H and O–H groups in total. The zero-order chi connectivity index (χ0) is 18.6. The Labute approximate surface area is 160 Å². The molecule has 7 heteroatoms. The van der Waals surface area contributed by atoms with Crippen LogP contribution in [-0.4, -0.2) is 27.6 Å². The van der Waals surface area contributed by atoms with Crippen LogP contribution < -0.4 is 5.32 Å². The van der Waals surface area contributed by atoms with Gasteiger partial charge in [0.2, 0.25) is 0 Å². The van der Waals surface area contributed by atoms with Crippen molar-refractivity contribution in [2.24, 2.45) is 0 Å². The minimum atomic E-state index is -0.222. The predicted octanol–water partition coefficient (Wildman–Crippen LogP) is 4.07. The highest BCUT2D eigenvalue weighted by atomic mass is 32.1. The molecule has 1 aromatic carbocycles. The summed E-state index contributed by atoms with van der Waals surface area (Å²) in [6.07, 6.45) is 0.678. The topological polar surface area (TPSA) is 83.8 Å². The van der Waals surface area contributed by atoms with Crippen molar-refractivity contribution in [2.45, 2.75) is 13.3 Å². The van der Waals surface area contributed by atoms with Gasteiger partial charge in [0.25, 0.3) is 5.91 Å². The second kappa shape index (κ2) is 7.59. The first kappa shape index (κ1) is 17.2. The van der Waals surface area contributed by atoms with E-state index in [1.165, 1.54) is 0 Å². The Kier molecular flexibility index (Phi) is 4.84. The molecule has 3 heterocycles. The summed E-state index contributed by atoms with van der Waals surface area (Å²) in [4.78, 5) is 16.9. The van der Waals surface area contributed by atoms with Gasteiger partial charge in [-0.3, -0.25) is 9.89 Å². The number of aryl methyl sites for hydroxylation is 1. The van der Waals surface area contributed by atoms with Gasteiger partial charge in [-0.05, 0) is 19.1 Å². The third kappa shape index (κ3) is 3.98. The predicted molar refractivity (Wildman–Crippen MR) is 105 cm³/mol. The van der Waals surface area contributed by atoms with Crippen LogP contribution in [0.15, 0.2) is 58.3 Å². The summed E-state index contributed by atoms with van der Waals surface area (Å²) in [5, 5.41) is 12.8. The molecule has 0 fully saturated rings. The monoisotopic (exact) mass is 378 g/mol. The Balaban J connectivity index is 1.32. The first-order chi connectivity index (χ1) is 13.2. The van der Waals surface area contributed by atoms with E-state index in [1.54, 1.807) is 17.4 Å². The fourth-order valence-electron chi connectivity index (χ4n) is 2.68. The van der Waals surface area contributed by atoms with E-state index < -0.39 is 0 Å². The molecule has 1 amide bonds. The number of hydrogen-bond donors (Lipinski definition) is 2. The van der Waals surface area contributed by atoms with Crippen molar-refractivity contribution in [3.05, 3.63) is 70.4 Å². The van der Waals surface area contributed by atoms with Crippen LogP contribution in [0, 0.1) is 6.92 Å². The number of nitrogens with one attached hydrogen (secondary N) is 2. The Bertz CT molecular complexity index is 1050. The van der Waals surface area contributed by atoms with Gasteiger partial charge in [-0.1, -0.05) is 30.3 Å². The summed E-state index contributed by atoms with van der Waals surface area (Å²) in [5.74, 6) is 1.25. The number of carbonyl (C=O) groups excluding carboxylic acids is 1. The van der Waals surface area contributed by atoms with Crippen molar-refractivity contribution in [1.82, 2.24) is 20.5 Å². The van der Waals surface area contributed by atoms with E-state index in [9.17, 15) is 4.79 Å². The lowest BCUT2D eigenvalue weighted by Gasteiger charge is -2.00. The fourth-order valence-corrected chi connectivity index (χ4v) is 3.49. The van der Waals surface area contributed by atoms with Gasteiger partial charge in [0, 0.05) is 30.0 Å². The number of nitrogens with zero attached hydrogens (tertiary/aromatic N) is 2. The van der Waals surface area contributed by atoms with Crippen LogP contribution >= 0.6 is 11.3 Å². The van der Waals surface area contributed by atoms with Crippen LogP contribution in [0.5, 0.6) is 0 Å². The largest absolute Gasteiger partial charge is 0.460 e. The van der Waals surface area contributed by atoms with Gasteiger partial charge in [-0.2, -0.15) is 5.10 Å². The Morgan fingerprint density at radius 3 is 2.85 bits per heavy atom. The lowest BCUT2D eigenvalue weighted by molar-refractivity contribution is 0.0949. The van der Waals surface area contributed by atoms with Gasteiger partial charge >= 0.3 is 0 Å². The zero-order valence-electron chi connectivity index (χ0n) is 14.7. The second-order valence-corrected chi connectivity index (χ2v) is 7.02. The van der Waals surface area contributed by atoms with Crippen LogP contribution in [0.1, 0.15) is 21.3 Å². The number of aromatic nitrogens is 3. The lowest BCUT2D eigenvalue weighted by Crippen LogP contribution is -2.26. The normalized spacial score (nSPS) is 10.9. The van der Waals surface area contributed by atoms with Crippen molar-refractivity contribution in [2.75, 3.05) is 6.54 Å². The van der Waals surface area contributed by atoms with Gasteiger partial charge < -0.3 is 9.73 Å². The third-order valence-electron chi connectivity index (χ3n) is 4.06. The number of hydrogen-bond acceptors (Lipinski definition) is 5. The Morgan fingerprint density at radius 1 is 1.22 bits per heavy atom. The molecule has 0 aliphatic heterocycles. The number of amides is 1. The first-order valence-corrected chi connectivity index (χ1v) is 9.47. The highest BCUT2D eigenvalue weighted by molar-refractivity contribution is 7.09. The molecule has 136 valence electrons. The molecule has 0 aliphatic carbocycles. The van der Waals surface area contributed by atoms with Crippen molar-refractivity contribution in [3.8, 4) is 22.7 Å². The molecule has 4 rings (SSSR count). The maximum Gasteiger partial charge on any atom is 0.271 e. The van der Waals surface area contributed by atoms with E-state index in [2.05, 4.69) is 20.5 Å². The number of rotatable bonds is 6. The van der Waals surface area contributed by atoms with Gasteiger partial charge in [-0.15, -0.1) is 11.3 Å². The summed E-state index contributed by atoms with van der Waals surface area (Å²) in [6.45, 7) is 2.37. The van der Waals surface area contributed by atoms with Crippen LogP contribution in [0.25, 0.3) is 22.7 Å². The summed E-state index contributed by atoms with van der Waals surface area (Å²) in [7, 11) is 0. The van der Waals surface area contributed by atoms with Gasteiger partial charge in [-0.25, -0.2) is 4.98 Å². The van der Waals surface area contributed by atoms with Gasteiger partial charge in [0.1, 0.15) is 11.5 Å². The number of furan rings is 1. The molecule has 0 saturated heterocycles. The second-order valence-electron chi connectivity index (χ2n) is 6.08. The highest BCUT2D eigenvalue weighted by Gasteiger charge is 2.13. The van der Waals surface area contributed by atoms with Gasteiger partial charge in [0.05, 0.1) is 10.7 Å². The smallest absolute Gasteiger partial charge is 0.271 e. The van der Waals surface area contributed by atoms with Crippen molar-refractivity contribution >= 4 is 17.2 Å². The number of aromatic amines is 1. The van der Waals surface area contributed by atoms with E-state index in [0.717, 1.165) is 22.0 Å². The molecule has 0 saturated carbocycles. The molecular weight excluding hydrogens is 360 g/mol. The number of benzene rings is 1. The maximum atomic E-state index is 12.3. The quantitative estimate of drug-likeness (QED) is 0.530.